The predicted octanol–water partition coefficient (Wildman–Crippen LogP) is 0.633. The number of ether oxygens (including phenoxy) is 2. The first-order valence-corrected chi connectivity index (χ1v) is 5.85. The van der Waals surface area contributed by atoms with Crippen LogP contribution < -0.4 is 5.32 Å². The first kappa shape index (κ1) is 12.6. The summed E-state index contributed by atoms with van der Waals surface area (Å²) in [5.74, 6) is -0.823. The smallest absolute Gasteiger partial charge is 0.325 e. The van der Waals surface area contributed by atoms with E-state index >= 15 is 0 Å². The van der Waals surface area contributed by atoms with E-state index in [4.69, 9.17) is 9.47 Å². The minimum atomic E-state index is -0.562. The molecule has 5 heteroatoms. The second-order valence-corrected chi connectivity index (χ2v) is 3.97. The highest BCUT2D eigenvalue weighted by atomic mass is 16.5. The van der Waals surface area contributed by atoms with Crippen LogP contribution in [0.3, 0.4) is 0 Å². The lowest BCUT2D eigenvalue weighted by Crippen LogP contribution is -2.20. The molecule has 1 fully saturated rings. The van der Waals surface area contributed by atoms with Gasteiger partial charge < -0.3 is 9.47 Å². The van der Waals surface area contributed by atoms with Crippen molar-refractivity contribution < 1.29 is 19.1 Å². The Morgan fingerprint density at radius 1 is 1.11 bits per heavy atom. The third-order valence-electron chi connectivity index (χ3n) is 2.60. The van der Waals surface area contributed by atoms with E-state index in [1.165, 1.54) is 0 Å². The number of rotatable bonds is 5. The number of benzene rings is 1. The maximum atomic E-state index is 11.6. The monoisotopic (exact) mass is 249 g/mol. The third-order valence-corrected chi connectivity index (χ3v) is 2.60. The van der Waals surface area contributed by atoms with Crippen molar-refractivity contribution in [3.05, 3.63) is 35.9 Å². The molecule has 1 N–H and O–H groups in total. The largest absolute Gasteiger partial charge is 0.465 e. The van der Waals surface area contributed by atoms with E-state index in [9.17, 15) is 9.59 Å². The van der Waals surface area contributed by atoms with Gasteiger partial charge in [-0.15, -0.1) is 0 Å². The average molecular weight is 249 g/mol. The number of nitrogens with one attached hydrogen (secondary N) is 1. The van der Waals surface area contributed by atoms with Gasteiger partial charge in [-0.25, -0.2) is 0 Å². The minimum Gasteiger partial charge on any atom is -0.465 e. The van der Waals surface area contributed by atoms with E-state index in [1.807, 2.05) is 30.3 Å². The van der Waals surface area contributed by atoms with Gasteiger partial charge in [0.2, 0.25) is 0 Å². The third kappa shape index (κ3) is 3.07. The first-order chi connectivity index (χ1) is 8.72. The van der Waals surface area contributed by atoms with Crippen molar-refractivity contribution in [2.75, 3.05) is 6.61 Å². The zero-order valence-electron chi connectivity index (χ0n) is 10.1. The van der Waals surface area contributed by atoms with Gasteiger partial charge in [-0.05, 0) is 12.5 Å². The van der Waals surface area contributed by atoms with Crippen LogP contribution in [0.5, 0.6) is 0 Å². The molecular weight excluding hydrogens is 234 g/mol. The quantitative estimate of drug-likeness (QED) is 0.612. The molecule has 0 bridgehead atoms. The molecule has 1 saturated heterocycles. The second kappa shape index (κ2) is 5.64. The Morgan fingerprint density at radius 3 is 2.33 bits per heavy atom. The van der Waals surface area contributed by atoms with Gasteiger partial charge in [0.25, 0.3) is 0 Å². The molecule has 1 aromatic rings. The van der Waals surface area contributed by atoms with Gasteiger partial charge in [-0.3, -0.25) is 14.9 Å². The summed E-state index contributed by atoms with van der Waals surface area (Å²) in [4.78, 5) is 22.9. The zero-order chi connectivity index (χ0) is 13.0. The van der Waals surface area contributed by atoms with Crippen molar-refractivity contribution in [1.29, 1.82) is 0 Å². The van der Waals surface area contributed by atoms with Crippen LogP contribution in [0.1, 0.15) is 12.5 Å². The molecule has 2 unspecified atom stereocenters. The summed E-state index contributed by atoms with van der Waals surface area (Å²) in [6.45, 7) is 2.25. The normalized spacial score (nSPS) is 21.2. The van der Waals surface area contributed by atoms with Crippen LogP contribution in [0, 0.1) is 0 Å². The molecular formula is C13H15NO4. The lowest BCUT2D eigenvalue weighted by Gasteiger charge is -2.03. The highest BCUT2D eigenvalue weighted by molar-refractivity contribution is 5.92. The molecule has 0 aromatic heterocycles. The van der Waals surface area contributed by atoms with Gasteiger partial charge in [0.1, 0.15) is 18.7 Å². The number of hydrogen-bond donors (Lipinski definition) is 1. The lowest BCUT2D eigenvalue weighted by molar-refractivity contribution is -0.148. The fourth-order valence-electron chi connectivity index (χ4n) is 1.60. The van der Waals surface area contributed by atoms with Crippen LogP contribution in [0.2, 0.25) is 0 Å². The maximum absolute atomic E-state index is 11.6. The summed E-state index contributed by atoms with van der Waals surface area (Å²) in [7, 11) is 0. The molecule has 1 aromatic carbocycles. The molecule has 1 heterocycles. The van der Waals surface area contributed by atoms with E-state index < -0.39 is 24.0 Å². The first-order valence-electron chi connectivity index (χ1n) is 5.85. The SMILES string of the molecule is CCOC(=O)C1NC1C(=O)OCc1ccccc1. The molecule has 0 aliphatic carbocycles. The maximum Gasteiger partial charge on any atom is 0.325 e. The van der Waals surface area contributed by atoms with Gasteiger partial charge >= 0.3 is 11.9 Å². The molecule has 2 atom stereocenters. The fraction of sp³-hybridized carbons (Fsp3) is 0.385. The van der Waals surface area contributed by atoms with Crippen LogP contribution >= 0.6 is 0 Å². The number of hydrogen-bond acceptors (Lipinski definition) is 5. The molecule has 96 valence electrons. The highest BCUT2D eigenvalue weighted by Crippen LogP contribution is 2.15. The van der Waals surface area contributed by atoms with Crippen molar-refractivity contribution in [2.45, 2.75) is 25.6 Å². The summed E-state index contributed by atoms with van der Waals surface area (Å²) in [6.07, 6.45) is 0. The predicted molar refractivity (Wildman–Crippen MR) is 63.6 cm³/mol. The van der Waals surface area contributed by atoms with Crippen LogP contribution in [0.4, 0.5) is 0 Å². The Labute approximate surface area is 105 Å². The fourth-order valence-corrected chi connectivity index (χ4v) is 1.60. The highest BCUT2D eigenvalue weighted by Gasteiger charge is 2.49. The van der Waals surface area contributed by atoms with E-state index in [1.54, 1.807) is 6.92 Å². The molecule has 2 rings (SSSR count). The lowest BCUT2D eigenvalue weighted by atomic mass is 10.2. The minimum absolute atomic E-state index is 0.216. The summed E-state index contributed by atoms with van der Waals surface area (Å²) in [5, 5.41) is 2.74. The van der Waals surface area contributed by atoms with Gasteiger partial charge in [0.05, 0.1) is 6.61 Å². The molecule has 0 amide bonds. The van der Waals surface area contributed by atoms with Gasteiger partial charge in [-0.1, -0.05) is 30.3 Å². The Morgan fingerprint density at radius 2 is 1.72 bits per heavy atom. The van der Waals surface area contributed by atoms with E-state index in [-0.39, 0.29) is 6.61 Å². The summed E-state index contributed by atoms with van der Waals surface area (Å²) < 4.78 is 9.90. The Bertz CT molecular complexity index is 432. The van der Waals surface area contributed by atoms with Crippen molar-refractivity contribution in [1.82, 2.24) is 5.32 Å². The second-order valence-electron chi connectivity index (χ2n) is 3.97. The van der Waals surface area contributed by atoms with Crippen LogP contribution in [-0.2, 0) is 25.7 Å². The van der Waals surface area contributed by atoms with E-state index in [2.05, 4.69) is 5.32 Å². The van der Waals surface area contributed by atoms with Crippen molar-refractivity contribution >= 4 is 11.9 Å². The van der Waals surface area contributed by atoms with Crippen molar-refractivity contribution in [3.63, 3.8) is 0 Å². The van der Waals surface area contributed by atoms with E-state index in [0.717, 1.165) is 5.56 Å². The molecule has 18 heavy (non-hydrogen) atoms. The molecule has 1 aliphatic heterocycles. The van der Waals surface area contributed by atoms with Crippen LogP contribution in [0.15, 0.2) is 30.3 Å². The van der Waals surface area contributed by atoms with Gasteiger partial charge in [-0.2, -0.15) is 0 Å². The Hall–Kier alpha value is -1.88. The van der Waals surface area contributed by atoms with Gasteiger partial charge in [0.15, 0.2) is 0 Å². The topological polar surface area (TPSA) is 74.5 Å². The summed E-state index contributed by atoms with van der Waals surface area (Å²) >= 11 is 0. The summed E-state index contributed by atoms with van der Waals surface area (Å²) in [6, 6.07) is 8.28. The summed E-state index contributed by atoms with van der Waals surface area (Å²) in [5.41, 5.74) is 0.916. The zero-order valence-corrected chi connectivity index (χ0v) is 10.1. The number of carbonyl (C=O) groups excluding carboxylic acids is 2. The van der Waals surface area contributed by atoms with Crippen molar-refractivity contribution in [2.24, 2.45) is 0 Å². The molecule has 0 radical (unpaired) electrons. The van der Waals surface area contributed by atoms with Crippen LogP contribution in [-0.4, -0.2) is 30.6 Å². The number of esters is 2. The number of carbonyl (C=O) groups is 2. The Kier molecular flexibility index (Phi) is 3.94. The van der Waals surface area contributed by atoms with Gasteiger partial charge in [0, 0.05) is 0 Å². The van der Waals surface area contributed by atoms with E-state index in [0.29, 0.717) is 6.61 Å². The van der Waals surface area contributed by atoms with Crippen molar-refractivity contribution in [3.8, 4) is 0 Å². The molecule has 0 spiro atoms. The standard InChI is InChI=1S/C13H15NO4/c1-2-17-12(15)10-11(14-10)13(16)18-8-9-6-4-3-5-7-9/h3-7,10-11,14H,2,8H2,1H3. The average Bonchev–Trinajstić information content (AvgIpc) is 3.18. The van der Waals surface area contributed by atoms with Crippen LogP contribution in [0.25, 0.3) is 0 Å². The Balaban J connectivity index is 1.76. The molecule has 0 saturated carbocycles. The molecule has 1 aliphatic rings. The molecule has 5 nitrogen and oxygen atoms in total.